The zero-order chi connectivity index (χ0) is 14.7. The van der Waals surface area contributed by atoms with Crippen LogP contribution in [-0.4, -0.2) is 12.1 Å². The van der Waals surface area contributed by atoms with Crippen molar-refractivity contribution in [3.05, 3.63) is 59.8 Å². The van der Waals surface area contributed by atoms with Crippen LogP contribution in [0.2, 0.25) is 0 Å². The van der Waals surface area contributed by atoms with E-state index in [1.165, 1.54) is 0 Å². The van der Waals surface area contributed by atoms with Crippen molar-refractivity contribution in [3.63, 3.8) is 0 Å². The quantitative estimate of drug-likeness (QED) is 0.755. The Balaban J connectivity index is 1.82. The van der Waals surface area contributed by atoms with Crippen molar-refractivity contribution in [2.24, 2.45) is 5.73 Å². The van der Waals surface area contributed by atoms with Gasteiger partial charge in [-0.25, -0.2) is 0 Å². The number of nitrogens with one attached hydrogen (secondary N) is 1. The summed E-state index contributed by atoms with van der Waals surface area (Å²) in [7, 11) is 1.65. The number of ether oxygens (including phenoxy) is 2. The summed E-state index contributed by atoms with van der Waals surface area (Å²) in [5.41, 5.74) is 9.07. The Bertz CT molecular complexity index is 749. The minimum absolute atomic E-state index is 0.501. The molecule has 1 aromatic heterocycles. The molecule has 0 saturated heterocycles. The monoisotopic (exact) mass is 282 g/mol. The standard InChI is InChI=1S/C17H18N2O2/c1-20-14-5-3-6-15(8-14)21-11-13-10-19-17-12(9-18)4-2-7-16(13)17/h2-8,10,19H,9,11,18H2,1H3. The van der Waals surface area contributed by atoms with Crippen molar-refractivity contribution in [2.45, 2.75) is 13.2 Å². The minimum atomic E-state index is 0.501. The van der Waals surface area contributed by atoms with Crippen molar-refractivity contribution >= 4 is 10.9 Å². The van der Waals surface area contributed by atoms with E-state index in [9.17, 15) is 0 Å². The fourth-order valence-corrected chi connectivity index (χ4v) is 2.42. The number of H-pyrrole nitrogens is 1. The first-order valence-electron chi connectivity index (χ1n) is 6.86. The van der Waals surface area contributed by atoms with Gasteiger partial charge in [-0.2, -0.15) is 0 Å². The van der Waals surface area contributed by atoms with Gasteiger partial charge in [0.05, 0.1) is 12.6 Å². The molecule has 0 unspecified atom stereocenters. The van der Waals surface area contributed by atoms with E-state index < -0.39 is 0 Å². The number of rotatable bonds is 5. The smallest absolute Gasteiger partial charge is 0.123 e. The van der Waals surface area contributed by atoms with Gasteiger partial charge in [0.1, 0.15) is 18.1 Å². The van der Waals surface area contributed by atoms with Crippen molar-refractivity contribution in [1.82, 2.24) is 4.98 Å². The summed E-state index contributed by atoms with van der Waals surface area (Å²) in [5, 5.41) is 1.15. The average molecular weight is 282 g/mol. The number of hydrogen-bond acceptors (Lipinski definition) is 3. The summed E-state index contributed by atoms with van der Waals surface area (Å²) < 4.78 is 11.0. The Kier molecular flexibility index (Phi) is 3.79. The number of fused-ring (bicyclic) bond motifs is 1. The Morgan fingerprint density at radius 3 is 2.67 bits per heavy atom. The molecule has 0 fully saturated rings. The van der Waals surface area contributed by atoms with Gasteiger partial charge < -0.3 is 20.2 Å². The molecule has 3 aromatic rings. The summed E-state index contributed by atoms with van der Waals surface area (Å²) >= 11 is 0. The van der Waals surface area contributed by atoms with Gasteiger partial charge in [-0.1, -0.05) is 24.3 Å². The molecule has 4 nitrogen and oxygen atoms in total. The van der Waals surface area contributed by atoms with Crippen LogP contribution in [0.5, 0.6) is 11.5 Å². The van der Waals surface area contributed by atoms with Crippen molar-refractivity contribution in [3.8, 4) is 11.5 Å². The van der Waals surface area contributed by atoms with Gasteiger partial charge in [0.2, 0.25) is 0 Å². The Hall–Kier alpha value is -2.46. The topological polar surface area (TPSA) is 60.3 Å². The molecule has 0 amide bonds. The third kappa shape index (κ3) is 2.71. The summed E-state index contributed by atoms with van der Waals surface area (Å²) in [6, 6.07) is 13.7. The molecule has 0 aliphatic carbocycles. The van der Waals surface area contributed by atoms with E-state index in [2.05, 4.69) is 11.1 Å². The molecule has 0 atom stereocenters. The maximum Gasteiger partial charge on any atom is 0.123 e. The zero-order valence-corrected chi connectivity index (χ0v) is 11.9. The van der Waals surface area contributed by atoms with Gasteiger partial charge in [-0.15, -0.1) is 0 Å². The number of hydrogen-bond donors (Lipinski definition) is 2. The molecule has 1 heterocycles. The van der Waals surface area contributed by atoms with Crippen LogP contribution in [0.3, 0.4) is 0 Å². The minimum Gasteiger partial charge on any atom is -0.497 e. The fourth-order valence-electron chi connectivity index (χ4n) is 2.42. The van der Waals surface area contributed by atoms with E-state index in [4.69, 9.17) is 15.2 Å². The van der Waals surface area contributed by atoms with E-state index in [0.29, 0.717) is 13.2 Å². The predicted molar refractivity (Wildman–Crippen MR) is 83.5 cm³/mol. The van der Waals surface area contributed by atoms with Gasteiger partial charge in [0.25, 0.3) is 0 Å². The summed E-state index contributed by atoms with van der Waals surface area (Å²) in [5.74, 6) is 1.58. The molecule has 3 rings (SSSR count). The largest absolute Gasteiger partial charge is 0.497 e. The van der Waals surface area contributed by atoms with Crippen molar-refractivity contribution < 1.29 is 9.47 Å². The number of benzene rings is 2. The molecule has 0 aliphatic heterocycles. The highest BCUT2D eigenvalue weighted by Crippen LogP contribution is 2.24. The molecule has 0 aliphatic rings. The first kappa shape index (κ1) is 13.5. The zero-order valence-electron chi connectivity index (χ0n) is 11.9. The summed E-state index contributed by atoms with van der Waals surface area (Å²) in [6.07, 6.45) is 1.98. The lowest BCUT2D eigenvalue weighted by atomic mass is 10.1. The highest BCUT2D eigenvalue weighted by molar-refractivity contribution is 5.85. The van der Waals surface area contributed by atoms with E-state index in [1.807, 2.05) is 42.6 Å². The van der Waals surface area contributed by atoms with E-state index in [1.54, 1.807) is 7.11 Å². The average Bonchev–Trinajstić information content (AvgIpc) is 2.96. The van der Waals surface area contributed by atoms with Crippen LogP contribution in [0, 0.1) is 0 Å². The van der Waals surface area contributed by atoms with Crippen LogP contribution in [0.25, 0.3) is 10.9 Å². The third-order valence-electron chi connectivity index (χ3n) is 3.54. The molecule has 2 aromatic carbocycles. The fraction of sp³-hybridized carbons (Fsp3) is 0.176. The Morgan fingerprint density at radius 1 is 1.05 bits per heavy atom. The van der Waals surface area contributed by atoms with Crippen molar-refractivity contribution in [1.29, 1.82) is 0 Å². The van der Waals surface area contributed by atoms with Gasteiger partial charge in [-0.05, 0) is 17.7 Å². The number of nitrogens with two attached hydrogens (primary N) is 1. The van der Waals surface area contributed by atoms with Gasteiger partial charge in [0.15, 0.2) is 0 Å². The highest BCUT2D eigenvalue weighted by Gasteiger charge is 2.07. The number of aromatic nitrogens is 1. The molecule has 0 saturated carbocycles. The SMILES string of the molecule is COc1cccc(OCc2c[nH]c3c(CN)cccc23)c1. The maximum atomic E-state index is 5.84. The maximum absolute atomic E-state index is 5.84. The van der Waals surface area contributed by atoms with Gasteiger partial charge in [0, 0.05) is 29.8 Å². The lowest BCUT2D eigenvalue weighted by Gasteiger charge is -2.07. The van der Waals surface area contributed by atoms with Crippen molar-refractivity contribution in [2.75, 3.05) is 7.11 Å². The summed E-state index contributed by atoms with van der Waals surface area (Å²) in [4.78, 5) is 3.28. The van der Waals surface area contributed by atoms with Crippen LogP contribution in [0.4, 0.5) is 0 Å². The van der Waals surface area contributed by atoms with E-state index >= 15 is 0 Å². The molecule has 0 bridgehead atoms. The van der Waals surface area contributed by atoms with Gasteiger partial charge in [-0.3, -0.25) is 0 Å². The Morgan fingerprint density at radius 2 is 1.86 bits per heavy atom. The molecule has 4 heteroatoms. The van der Waals surface area contributed by atoms with Gasteiger partial charge >= 0.3 is 0 Å². The second-order valence-corrected chi connectivity index (χ2v) is 4.83. The van der Waals surface area contributed by atoms with Crippen LogP contribution in [0.15, 0.2) is 48.7 Å². The number of para-hydroxylation sites is 1. The number of methoxy groups -OCH3 is 1. The van der Waals surface area contributed by atoms with Crippen LogP contribution in [0.1, 0.15) is 11.1 Å². The molecule has 108 valence electrons. The molecule has 3 N–H and O–H groups in total. The van der Waals surface area contributed by atoms with Crippen LogP contribution in [-0.2, 0) is 13.2 Å². The molecular formula is C17H18N2O2. The first-order chi connectivity index (χ1) is 10.3. The lowest BCUT2D eigenvalue weighted by Crippen LogP contribution is -1.97. The van der Waals surface area contributed by atoms with E-state index in [0.717, 1.165) is 33.5 Å². The molecular weight excluding hydrogens is 264 g/mol. The third-order valence-corrected chi connectivity index (χ3v) is 3.54. The normalized spacial score (nSPS) is 10.8. The predicted octanol–water partition coefficient (Wildman–Crippen LogP) is 3.21. The lowest BCUT2D eigenvalue weighted by molar-refractivity contribution is 0.305. The summed E-state index contributed by atoms with van der Waals surface area (Å²) in [6.45, 7) is 1.02. The molecule has 0 spiro atoms. The Labute approximate surface area is 123 Å². The van der Waals surface area contributed by atoms with Crippen LogP contribution >= 0.6 is 0 Å². The van der Waals surface area contributed by atoms with E-state index in [-0.39, 0.29) is 0 Å². The first-order valence-corrected chi connectivity index (χ1v) is 6.86. The molecule has 0 radical (unpaired) electrons. The molecule has 21 heavy (non-hydrogen) atoms. The second-order valence-electron chi connectivity index (χ2n) is 4.83. The van der Waals surface area contributed by atoms with Crippen LogP contribution < -0.4 is 15.2 Å². The highest BCUT2D eigenvalue weighted by atomic mass is 16.5. The second kappa shape index (κ2) is 5.89. The number of aromatic amines is 1.